The lowest BCUT2D eigenvalue weighted by Crippen LogP contribution is -2.18. The van der Waals surface area contributed by atoms with Gasteiger partial charge in [-0.15, -0.1) is 0 Å². The zero-order valence-electron chi connectivity index (χ0n) is 13.3. The van der Waals surface area contributed by atoms with Gasteiger partial charge in [0, 0.05) is 24.3 Å². The number of hydrogen-bond acceptors (Lipinski definition) is 2. The Balaban J connectivity index is 2.48. The summed E-state index contributed by atoms with van der Waals surface area (Å²) in [5.41, 5.74) is 4.00. The first-order chi connectivity index (χ1) is 10.1. The van der Waals surface area contributed by atoms with Crippen LogP contribution in [0.4, 0.5) is 4.39 Å². The topological polar surface area (TPSA) is 29.9 Å². The third kappa shape index (κ3) is 3.50. The van der Waals surface area contributed by atoms with Crippen LogP contribution >= 0.6 is 0 Å². The molecule has 3 nitrogen and oxygen atoms in total. The van der Waals surface area contributed by atoms with E-state index in [4.69, 9.17) is 0 Å². The number of aryl methyl sites for hydroxylation is 2. The first-order valence-electron chi connectivity index (χ1n) is 7.64. The van der Waals surface area contributed by atoms with Crippen LogP contribution in [0.1, 0.15) is 44.5 Å². The van der Waals surface area contributed by atoms with Crippen molar-refractivity contribution in [1.29, 1.82) is 0 Å². The van der Waals surface area contributed by atoms with Crippen LogP contribution in [0, 0.1) is 12.7 Å². The van der Waals surface area contributed by atoms with E-state index in [2.05, 4.69) is 31.2 Å². The lowest BCUT2D eigenvalue weighted by atomic mass is 9.96. The van der Waals surface area contributed by atoms with Gasteiger partial charge in [0.2, 0.25) is 0 Å². The zero-order valence-corrected chi connectivity index (χ0v) is 13.3. The van der Waals surface area contributed by atoms with Gasteiger partial charge in [0.15, 0.2) is 0 Å². The van der Waals surface area contributed by atoms with Gasteiger partial charge in [-0.2, -0.15) is 5.10 Å². The molecule has 0 saturated carbocycles. The highest BCUT2D eigenvalue weighted by Crippen LogP contribution is 2.31. The molecule has 0 radical (unpaired) electrons. The maximum atomic E-state index is 13.7. The van der Waals surface area contributed by atoms with Crippen molar-refractivity contribution in [3.63, 3.8) is 0 Å². The van der Waals surface area contributed by atoms with Crippen molar-refractivity contribution in [2.24, 2.45) is 0 Å². The molecule has 0 spiro atoms. The van der Waals surface area contributed by atoms with Gasteiger partial charge in [0.1, 0.15) is 5.82 Å². The molecule has 0 aliphatic heterocycles. The highest BCUT2D eigenvalue weighted by atomic mass is 19.1. The second kappa shape index (κ2) is 6.85. The van der Waals surface area contributed by atoms with E-state index in [1.807, 2.05) is 23.9 Å². The minimum atomic E-state index is -0.208. The number of hydrogen-bond donors (Lipinski definition) is 1. The summed E-state index contributed by atoms with van der Waals surface area (Å²) < 4.78 is 15.7. The second-order valence-electron chi connectivity index (χ2n) is 5.40. The van der Waals surface area contributed by atoms with Crippen LogP contribution in [0.5, 0.6) is 0 Å². The lowest BCUT2D eigenvalue weighted by Gasteiger charge is -2.17. The molecule has 1 unspecified atom stereocenters. The lowest BCUT2D eigenvalue weighted by molar-refractivity contribution is 0.593. The second-order valence-corrected chi connectivity index (χ2v) is 5.40. The van der Waals surface area contributed by atoms with Crippen LogP contribution in [0.3, 0.4) is 0 Å². The Morgan fingerprint density at radius 2 is 2.05 bits per heavy atom. The number of halogens is 1. The minimum absolute atomic E-state index is 0.180. The Morgan fingerprint density at radius 3 is 2.71 bits per heavy atom. The van der Waals surface area contributed by atoms with Gasteiger partial charge in [-0.25, -0.2) is 4.39 Å². The Morgan fingerprint density at radius 1 is 1.29 bits per heavy atom. The molecule has 2 aromatic rings. The van der Waals surface area contributed by atoms with Crippen molar-refractivity contribution in [3.8, 4) is 11.1 Å². The normalized spacial score (nSPS) is 12.6. The van der Waals surface area contributed by atoms with Crippen molar-refractivity contribution in [2.75, 3.05) is 6.54 Å². The largest absolute Gasteiger partial charge is 0.310 e. The molecule has 21 heavy (non-hydrogen) atoms. The molecule has 0 amide bonds. The molecule has 114 valence electrons. The summed E-state index contributed by atoms with van der Waals surface area (Å²) in [6.45, 7) is 10.0. The smallest absolute Gasteiger partial charge is 0.123 e. The molecule has 0 aliphatic carbocycles. The molecule has 0 aliphatic rings. The Labute approximate surface area is 126 Å². The summed E-state index contributed by atoms with van der Waals surface area (Å²) in [6.07, 6.45) is 3.06. The van der Waals surface area contributed by atoms with E-state index in [-0.39, 0.29) is 11.9 Å². The highest BCUT2D eigenvalue weighted by molar-refractivity contribution is 5.69. The van der Waals surface area contributed by atoms with Crippen LogP contribution < -0.4 is 5.32 Å². The first kappa shape index (κ1) is 15.7. The monoisotopic (exact) mass is 289 g/mol. The van der Waals surface area contributed by atoms with E-state index in [0.29, 0.717) is 0 Å². The Kier molecular flexibility index (Phi) is 5.12. The van der Waals surface area contributed by atoms with Gasteiger partial charge >= 0.3 is 0 Å². The first-order valence-corrected chi connectivity index (χ1v) is 7.64. The van der Waals surface area contributed by atoms with E-state index in [0.717, 1.165) is 41.9 Å². The average Bonchev–Trinajstić information content (AvgIpc) is 2.80. The maximum Gasteiger partial charge on any atom is 0.123 e. The Bertz CT molecular complexity index is 604. The number of benzene rings is 1. The fourth-order valence-electron chi connectivity index (χ4n) is 2.68. The van der Waals surface area contributed by atoms with Crippen LogP contribution in [0.15, 0.2) is 24.4 Å². The molecule has 4 heteroatoms. The minimum Gasteiger partial charge on any atom is -0.310 e. The summed E-state index contributed by atoms with van der Waals surface area (Å²) in [7, 11) is 0. The SMILES string of the molecule is CCCn1cc(-c2cc(F)ccc2C(C)NCC)c(C)n1. The third-order valence-electron chi connectivity index (χ3n) is 3.68. The number of rotatable bonds is 6. The number of aromatic nitrogens is 2. The van der Waals surface area contributed by atoms with Crippen LogP contribution in [0.25, 0.3) is 11.1 Å². The highest BCUT2D eigenvalue weighted by Gasteiger charge is 2.16. The molecule has 1 atom stereocenters. The quantitative estimate of drug-likeness (QED) is 0.868. The number of nitrogens with one attached hydrogen (secondary N) is 1. The standard InChI is InChI=1S/C17H24FN3/c1-5-9-21-11-17(13(4)20-21)16-10-14(18)7-8-15(16)12(3)19-6-2/h7-8,10-12,19H,5-6,9H2,1-4H3. The van der Waals surface area contributed by atoms with Crippen molar-refractivity contribution in [1.82, 2.24) is 15.1 Å². The maximum absolute atomic E-state index is 13.7. The molecule has 1 aromatic heterocycles. The molecule has 0 saturated heterocycles. The summed E-state index contributed by atoms with van der Waals surface area (Å²) in [5, 5.41) is 7.92. The van der Waals surface area contributed by atoms with E-state index < -0.39 is 0 Å². The van der Waals surface area contributed by atoms with Gasteiger partial charge in [0.05, 0.1) is 5.69 Å². The molecule has 1 N–H and O–H groups in total. The molecular formula is C17H24FN3. The molecule has 1 aromatic carbocycles. The van der Waals surface area contributed by atoms with Crippen molar-refractivity contribution >= 4 is 0 Å². The average molecular weight is 289 g/mol. The van der Waals surface area contributed by atoms with E-state index in [1.54, 1.807) is 6.07 Å². The van der Waals surface area contributed by atoms with E-state index in [9.17, 15) is 4.39 Å². The molecular weight excluding hydrogens is 265 g/mol. The Hall–Kier alpha value is -1.68. The predicted molar refractivity (Wildman–Crippen MR) is 84.7 cm³/mol. The van der Waals surface area contributed by atoms with Crippen molar-refractivity contribution < 1.29 is 4.39 Å². The predicted octanol–water partition coefficient (Wildman–Crippen LogP) is 4.08. The van der Waals surface area contributed by atoms with Gasteiger partial charge in [-0.05, 0) is 50.1 Å². The van der Waals surface area contributed by atoms with Gasteiger partial charge in [-0.1, -0.05) is 19.9 Å². The van der Waals surface area contributed by atoms with Crippen LogP contribution in [-0.2, 0) is 6.54 Å². The van der Waals surface area contributed by atoms with E-state index in [1.165, 1.54) is 6.07 Å². The van der Waals surface area contributed by atoms with Gasteiger partial charge in [0.25, 0.3) is 0 Å². The molecule has 2 rings (SSSR count). The van der Waals surface area contributed by atoms with Crippen LogP contribution in [0.2, 0.25) is 0 Å². The summed E-state index contributed by atoms with van der Waals surface area (Å²) in [6, 6.07) is 5.19. The van der Waals surface area contributed by atoms with Crippen LogP contribution in [-0.4, -0.2) is 16.3 Å². The summed E-state index contributed by atoms with van der Waals surface area (Å²) in [5.74, 6) is -0.208. The van der Waals surface area contributed by atoms with Crippen molar-refractivity contribution in [2.45, 2.75) is 46.7 Å². The van der Waals surface area contributed by atoms with E-state index >= 15 is 0 Å². The molecule has 0 fully saturated rings. The van der Waals surface area contributed by atoms with Crippen molar-refractivity contribution in [3.05, 3.63) is 41.5 Å². The zero-order chi connectivity index (χ0) is 15.4. The molecule has 0 bridgehead atoms. The number of nitrogens with zero attached hydrogens (tertiary/aromatic N) is 2. The molecule has 1 heterocycles. The summed E-state index contributed by atoms with van der Waals surface area (Å²) >= 11 is 0. The van der Waals surface area contributed by atoms with Gasteiger partial charge in [-0.3, -0.25) is 4.68 Å². The van der Waals surface area contributed by atoms with Gasteiger partial charge < -0.3 is 5.32 Å². The summed E-state index contributed by atoms with van der Waals surface area (Å²) in [4.78, 5) is 0. The fraction of sp³-hybridized carbons (Fsp3) is 0.471. The third-order valence-corrected chi connectivity index (χ3v) is 3.68. The fourth-order valence-corrected chi connectivity index (χ4v) is 2.68.